The highest BCUT2D eigenvalue weighted by molar-refractivity contribution is 5.42. The van der Waals surface area contributed by atoms with Gasteiger partial charge < -0.3 is 11.1 Å². The van der Waals surface area contributed by atoms with Gasteiger partial charge in [-0.1, -0.05) is 29.8 Å². The molecule has 4 nitrogen and oxygen atoms in total. The van der Waals surface area contributed by atoms with E-state index in [1.807, 2.05) is 0 Å². The van der Waals surface area contributed by atoms with E-state index in [2.05, 4.69) is 47.1 Å². The zero-order valence-corrected chi connectivity index (χ0v) is 10.4. The fourth-order valence-electron chi connectivity index (χ4n) is 1.82. The monoisotopic (exact) mass is 235 g/mol. The lowest BCUT2D eigenvalue weighted by Crippen LogP contribution is -2.42. The molecule has 0 unspecified atom stereocenters. The number of aryl methyl sites for hydroxylation is 1. The lowest BCUT2D eigenvalue weighted by Gasteiger charge is -2.27. The van der Waals surface area contributed by atoms with Gasteiger partial charge in [0.15, 0.2) is 0 Å². The number of benzene rings is 1. The summed E-state index contributed by atoms with van der Waals surface area (Å²) in [6.07, 6.45) is 0.250. The molecule has 94 valence electrons. The van der Waals surface area contributed by atoms with Crippen LogP contribution in [0.2, 0.25) is 0 Å². The number of hydrogen-bond acceptors (Lipinski definition) is 3. The number of amides is 1. The summed E-state index contributed by atoms with van der Waals surface area (Å²) in [5.41, 5.74) is 6.94. The van der Waals surface area contributed by atoms with Crippen molar-refractivity contribution in [3.63, 3.8) is 0 Å². The van der Waals surface area contributed by atoms with Gasteiger partial charge in [0.25, 0.3) is 0 Å². The second-order valence-corrected chi connectivity index (χ2v) is 4.15. The number of primary amides is 1. The number of nitrogens with two attached hydrogens (primary N) is 1. The van der Waals surface area contributed by atoms with E-state index in [4.69, 9.17) is 4.79 Å². The summed E-state index contributed by atoms with van der Waals surface area (Å²) < 4.78 is 0. The highest BCUT2D eigenvalue weighted by Crippen LogP contribution is 2.07. The Bertz CT molecular complexity index is 318. The molecule has 17 heavy (non-hydrogen) atoms. The highest BCUT2D eigenvalue weighted by Gasteiger charge is 2.08. The maximum Gasteiger partial charge on any atom is 0.204 e. The van der Waals surface area contributed by atoms with Crippen molar-refractivity contribution in [1.82, 2.24) is 10.2 Å². The smallest absolute Gasteiger partial charge is 0.204 e. The molecule has 3 N–H and O–H groups in total. The minimum atomic E-state index is 0.250. The van der Waals surface area contributed by atoms with Crippen molar-refractivity contribution in [2.75, 3.05) is 26.2 Å². The fraction of sp³-hybridized carbons (Fsp3) is 0.462. The van der Waals surface area contributed by atoms with Gasteiger partial charge in [-0.3, -0.25) is 9.69 Å². The Hall–Kier alpha value is -1.39. The van der Waals surface area contributed by atoms with Crippen molar-refractivity contribution < 1.29 is 4.79 Å². The Kier molecular flexibility index (Phi) is 6.29. The number of carbonyl (C=O) groups excluding carboxylic acids is 1. The van der Waals surface area contributed by atoms with E-state index >= 15 is 0 Å². The predicted molar refractivity (Wildman–Crippen MR) is 69.6 cm³/mol. The number of nitrogens with one attached hydrogen (secondary N) is 1. The van der Waals surface area contributed by atoms with Gasteiger partial charge in [-0.2, -0.15) is 0 Å². The minimum absolute atomic E-state index is 0.250. The van der Waals surface area contributed by atoms with Crippen molar-refractivity contribution in [2.24, 2.45) is 5.73 Å². The molecule has 1 aromatic rings. The Morgan fingerprint density at radius 1 is 1.29 bits per heavy atom. The maximum atomic E-state index is 8.58. The van der Waals surface area contributed by atoms with Crippen LogP contribution in [0, 0.1) is 6.92 Å². The molecule has 1 saturated heterocycles. The van der Waals surface area contributed by atoms with E-state index in [1.54, 1.807) is 0 Å². The molecule has 0 bridgehead atoms. The Balaban J connectivity index is 0.000000437. The molecule has 0 spiro atoms. The van der Waals surface area contributed by atoms with E-state index in [9.17, 15) is 0 Å². The first-order valence-electron chi connectivity index (χ1n) is 5.90. The fourth-order valence-corrected chi connectivity index (χ4v) is 1.82. The normalized spacial score (nSPS) is 15.8. The molecule has 1 aliphatic rings. The standard InChI is InChI=1S/C12H18N2.CH3NO/c1-11-2-4-12(5-3-11)10-14-8-6-13-7-9-14;2-1-3/h2-5,13H,6-10H2,1H3;1H,(H2,2,3). The average molecular weight is 235 g/mol. The molecule has 4 heteroatoms. The van der Waals surface area contributed by atoms with Gasteiger partial charge >= 0.3 is 0 Å². The van der Waals surface area contributed by atoms with Gasteiger partial charge in [0.1, 0.15) is 0 Å². The van der Waals surface area contributed by atoms with Gasteiger partial charge in [0, 0.05) is 32.7 Å². The van der Waals surface area contributed by atoms with Crippen LogP contribution < -0.4 is 11.1 Å². The van der Waals surface area contributed by atoms with E-state index in [1.165, 1.54) is 24.2 Å². The lowest BCUT2D eigenvalue weighted by atomic mass is 10.1. The maximum absolute atomic E-state index is 8.58. The van der Waals surface area contributed by atoms with E-state index in [0.717, 1.165) is 19.6 Å². The van der Waals surface area contributed by atoms with Crippen LogP contribution in [0.4, 0.5) is 0 Å². The van der Waals surface area contributed by atoms with E-state index in [-0.39, 0.29) is 6.41 Å². The van der Waals surface area contributed by atoms with E-state index in [0.29, 0.717) is 0 Å². The zero-order chi connectivity index (χ0) is 12.5. The summed E-state index contributed by atoms with van der Waals surface area (Å²) in [6, 6.07) is 8.85. The Morgan fingerprint density at radius 2 is 1.82 bits per heavy atom. The molecule has 0 aliphatic carbocycles. The molecular weight excluding hydrogens is 214 g/mol. The van der Waals surface area contributed by atoms with Crippen molar-refractivity contribution in [3.8, 4) is 0 Å². The predicted octanol–water partition coefficient (Wildman–Crippen LogP) is 0.502. The second kappa shape index (κ2) is 7.81. The Labute approximate surface area is 103 Å². The molecule has 0 aromatic heterocycles. The van der Waals surface area contributed by atoms with Gasteiger partial charge in [0.05, 0.1) is 0 Å². The number of rotatable bonds is 2. The van der Waals surface area contributed by atoms with Crippen LogP contribution in [0.3, 0.4) is 0 Å². The van der Waals surface area contributed by atoms with Gasteiger partial charge in [-0.15, -0.1) is 0 Å². The molecule has 1 aromatic carbocycles. The second-order valence-electron chi connectivity index (χ2n) is 4.15. The summed E-state index contributed by atoms with van der Waals surface area (Å²) in [7, 11) is 0. The first-order valence-corrected chi connectivity index (χ1v) is 5.90. The molecule has 1 aliphatic heterocycles. The largest absolute Gasteiger partial charge is 0.372 e. The van der Waals surface area contributed by atoms with Crippen molar-refractivity contribution in [3.05, 3.63) is 35.4 Å². The number of nitrogens with zero attached hydrogens (tertiary/aromatic N) is 1. The Morgan fingerprint density at radius 3 is 2.35 bits per heavy atom. The van der Waals surface area contributed by atoms with Crippen LogP contribution in [0.5, 0.6) is 0 Å². The van der Waals surface area contributed by atoms with Crippen LogP contribution in [0.15, 0.2) is 24.3 Å². The summed E-state index contributed by atoms with van der Waals surface area (Å²) in [5.74, 6) is 0. The molecular formula is C13H21N3O. The summed E-state index contributed by atoms with van der Waals surface area (Å²) in [6.45, 7) is 7.84. The van der Waals surface area contributed by atoms with Crippen LogP contribution in [0.1, 0.15) is 11.1 Å². The first-order chi connectivity index (χ1) is 8.26. The minimum Gasteiger partial charge on any atom is -0.372 e. The van der Waals surface area contributed by atoms with Gasteiger partial charge in [-0.25, -0.2) is 0 Å². The lowest BCUT2D eigenvalue weighted by molar-refractivity contribution is -0.106. The highest BCUT2D eigenvalue weighted by atomic mass is 16.1. The number of hydrogen-bond donors (Lipinski definition) is 2. The molecule has 1 heterocycles. The third-order valence-corrected chi connectivity index (χ3v) is 2.74. The molecule has 1 amide bonds. The van der Waals surface area contributed by atoms with Crippen molar-refractivity contribution >= 4 is 6.41 Å². The van der Waals surface area contributed by atoms with Crippen LogP contribution in [0.25, 0.3) is 0 Å². The van der Waals surface area contributed by atoms with E-state index < -0.39 is 0 Å². The third kappa shape index (κ3) is 5.47. The van der Waals surface area contributed by atoms with Gasteiger partial charge in [0.2, 0.25) is 6.41 Å². The number of piperazine rings is 1. The third-order valence-electron chi connectivity index (χ3n) is 2.74. The molecule has 0 radical (unpaired) electrons. The summed E-state index contributed by atoms with van der Waals surface area (Å²) >= 11 is 0. The summed E-state index contributed by atoms with van der Waals surface area (Å²) in [5, 5.41) is 3.37. The molecule has 0 saturated carbocycles. The van der Waals surface area contributed by atoms with Crippen LogP contribution in [-0.2, 0) is 11.3 Å². The topological polar surface area (TPSA) is 58.4 Å². The number of carbonyl (C=O) groups is 1. The van der Waals surface area contributed by atoms with Gasteiger partial charge in [-0.05, 0) is 12.5 Å². The first kappa shape index (κ1) is 13.7. The molecule has 0 atom stereocenters. The van der Waals surface area contributed by atoms with Crippen LogP contribution >= 0.6 is 0 Å². The summed E-state index contributed by atoms with van der Waals surface area (Å²) in [4.78, 5) is 11.1. The SMILES string of the molecule is Cc1ccc(CN2CCNCC2)cc1.NC=O. The quantitative estimate of drug-likeness (QED) is 0.734. The van der Waals surface area contributed by atoms with Crippen molar-refractivity contribution in [2.45, 2.75) is 13.5 Å². The van der Waals surface area contributed by atoms with Crippen molar-refractivity contribution in [1.29, 1.82) is 0 Å². The molecule has 2 rings (SSSR count). The molecule has 1 fully saturated rings. The van der Waals surface area contributed by atoms with Crippen LogP contribution in [-0.4, -0.2) is 37.5 Å². The average Bonchev–Trinajstić information content (AvgIpc) is 2.35. The zero-order valence-electron chi connectivity index (χ0n) is 10.4.